The number of benzene rings is 2. The monoisotopic (exact) mass is 278 g/mol. The molecule has 0 aliphatic heterocycles. The van der Waals surface area contributed by atoms with Gasteiger partial charge in [-0.3, -0.25) is 4.79 Å². The first-order valence-corrected chi connectivity index (χ1v) is 6.78. The Kier molecular flexibility index (Phi) is 4.68. The van der Waals surface area contributed by atoms with E-state index >= 15 is 0 Å². The van der Waals surface area contributed by atoms with Gasteiger partial charge in [0, 0.05) is 11.3 Å². The molecule has 2 aromatic carbocycles. The van der Waals surface area contributed by atoms with Crippen molar-refractivity contribution in [1.29, 1.82) is 0 Å². The average molecular weight is 278 g/mol. The lowest BCUT2D eigenvalue weighted by atomic mass is 10.1. The van der Waals surface area contributed by atoms with Gasteiger partial charge in [0.05, 0.1) is 5.75 Å². The Morgan fingerprint density at radius 2 is 1.58 bits per heavy atom. The van der Waals surface area contributed by atoms with Gasteiger partial charge in [-0.2, -0.15) is 0 Å². The molecule has 0 fully saturated rings. The Labute approximate surface area is 114 Å². The number of hydrogen-bond donors (Lipinski definition) is 0. The molecule has 98 valence electrons. The van der Waals surface area contributed by atoms with Crippen molar-refractivity contribution >= 4 is 17.5 Å². The van der Waals surface area contributed by atoms with E-state index in [4.69, 9.17) is 0 Å². The first-order chi connectivity index (χ1) is 9.16. The molecule has 4 heteroatoms. The van der Waals surface area contributed by atoms with E-state index < -0.39 is 0 Å². The summed E-state index contributed by atoms with van der Waals surface area (Å²) in [5.41, 5.74) is 0.377. The van der Waals surface area contributed by atoms with Crippen LogP contribution in [0.25, 0.3) is 0 Å². The zero-order valence-corrected chi connectivity index (χ0v) is 10.9. The lowest BCUT2D eigenvalue weighted by Gasteiger charge is -2.04. The molecule has 1 nitrogen and oxygen atoms in total. The predicted octanol–water partition coefficient (Wildman–Crippen LogP) is 3.87. The number of ketones is 1. The van der Waals surface area contributed by atoms with Crippen LogP contribution in [0.15, 0.2) is 53.4 Å². The third-order valence-corrected chi connectivity index (χ3v) is 3.68. The van der Waals surface area contributed by atoms with Crippen LogP contribution in [0.1, 0.15) is 5.56 Å². The average Bonchev–Trinajstić information content (AvgIpc) is 2.40. The molecule has 2 rings (SSSR count). The molecule has 0 saturated heterocycles. The Morgan fingerprint density at radius 1 is 0.947 bits per heavy atom. The molecule has 0 atom stereocenters. The molecule has 0 bridgehead atoms. The summed E-state index contributed by atoms with van der Waals surface area (Å²) in [5, 5.41) is 0. The molecular weight excluding hydrogens is 266 g/mol. The molecule has 0 aliphatic rings. The summed E-state index contributed by atoms with van der Waals surface area (Å²) in [6.07, 6.45) is 0.0358. The molecular formula is C15H12F2OS. The van der Waals surface area contributed by atoms with Crippen LogP contribution in [0, 0.1) is 11.6 Å². The SMILES string of the molecule is O=C(CSc1ccccc1F)Cc1ccccc1F. The fourth-order valence-electron chi connectivity index (χ4n) is 1.63. The van der Waals surface area contributed by atoms with Crippen molar-refractivity contribution in [2.75, 3.05) is 5.75 Å². The second-order valence-electron chi connectivity index (χ2n) is 4.03. The zero-order chi connectivity index (χ0) is 13.7. The van der Waals surface area contributed by atoms with Crippen LogP contribution < -0.4 is 0 Å². The smallest absolute Gasteiger partial charge is 0.147 e. The molecule has 0 saturated carbocycles. The quantitative estimate of drug-likeness (QED) is 0.772. The van der Waals surface area contributed by atoms with Gasteiger partial charge in [-0.05, 0) is 23.8 Å². The highest BCUT2D eigenvalue weighted by Gasteiger charge is 2.09. The first kappa shape index (κ1) is 13.7. The summed E-state index contributed by atoms with van der Waals surface area (Å²) < 4.78 is 26.7. The fraction of sp³-hybridized carbons (Fsp3) is 0.133. The summed E-state index contributed by atoms with van der Waals surface area (Å²) in [6, 6.07) is 12.5. The highest BCUT2D eigenvalue weighted by molar-refractivity contribution is 8.00. The maximum Gasteiger partial charge on any atom is 0.147 e. The maximum atomic E-state index is 13.4. The van der Waals surface area contributed by atoms with E-state index in [9.17, 15) is 13.6 Å². The van der Waals surface area contributed by atoms with E-state index in [-0.39, 0.29) is 29.6 Å². The van der Waals surface area contributed by atoms with Crippen molar-refractivity contribution in [2.24, 2.45) is 0 Å². The van der Waals surface area contributed by atoms with E-state index in [1.165, 1.54) is 12.1 Å². The minimum absolute atomic E-state index is 0.0358. The Morgan fingerprint density at radius 3 is 2.26 bits per heavy atom. The first-order valence-electron chi connectivity index (χ1n) is 5.79. The normalized spacial score (nSPS) is 10.4. The highest BCUT2D eigenvalue weighted by Crippen LogP contribution is 2.21. The lowest BCUT2D eigenvalue weighted by molar-refractivity contribution is -0.116. The largest absolute Gasteiger partial charge is 0.298 e. The van der Waals surface area contributed by atoms with Gasteiger partial charge >= 0.3 is 0 Å². The van der Waals surface area contributed by atoms with Crippen molar-refractivity contribution in [1.82, 2.24) is 0 Å². The van der Waals surface area contributed by atoms with Gasteiger partial charge in [0.1, 0.15) is 17.4 Å². The van der Waals surface area contributed by atoms with Crippen molar-refractivity contribution in [3.8, 4) is 0 Å². The van der Waals surface area contributed by atoms with E-state index in [0.717, 1.165) is 11.8 Å². The number of thioether (sulfide) groups is 1. The summed E-state index contributed by atoms with van der Waals surface area (Å²) in [4.78, 5) is 12.2. The minimum Gasteiger partial charge on any atom is -0.298 e. The fourth-order valence-corrected chi connectivity index (χ4v) is 2.42. The van der Waals surface area contributed by atoms with Gasteiger partial charge in [0.25, 0.3) is 0 Å². The van der Waals surface area contributed by atoms with Crippen molar-refractivity contribution in [3.63, 3.8) is 0 Å². The van der Waals surface area contributed by atoms with Crippen LogP contribution in [0.3, 0.4) is 0 Å². The van der Waals surface area contributed by atoms with Gasteiger partial charge in [-0.25, -0.2) is 8.78 Å². The number of carbonyl (C=O) groups excluding carboxylic acids is 1. The van der Waals surface area contributed by atoms with E-state index in [1.54, 1.807) is 36.4 Å². The molecule has 0 aromatic heterocycles. The van der Waals surface area contributed by atoms with Crippen molar-refractivity contribution < 1.29 is 13.6 Å². The van der Waals surface area contributed by atoms with Gasteiger partial charge in [0.15, 0.2) is 0 Å². The molecule has 0 unspecified atom stereocenters. The van der Waals surface area contributed by atoms with Gasteiger partial charge in [-0.1, -0.05) is 30.3 Å². The Hall–Kier alpha value is -1.68. The van der Waals surface area contributed by atoms with Crippen LogP contribution in [-0.4, -0.2) is 11.5 Å². The molecule has 0 N–H and O–H groups in total. The van der Waals surface area contributed by atoms with Crippen LogP contribution in [-0.2, 0) is 11.2 Å². The van der Waals surface area contributed by atoms with E-state index in [1.807, 2.05) is 0 Å². The summed E-state index contributed by atoms with van der Waals surface area (Å²) in [7, 11) is 0. The number of halogens is 2. The van der Waals surface area contributed by atoms with Gasteiger partial charge in [-0.15, -0.1) is 11.8 Å². The molecule has 0 aliphatic carbocycles. The second-order valence-corrected chi connectivity index (χ2v) is 5.04. The molecule has 0 spiro atoms. The maximum absolute atomic E-state index is 13.4. The Balaban J connectivity index is 1.92. The van der Waals surface area contributed by atoms with Crippen molar-refractivity contribution in [3.05, 3.63) is 65.7 Å². The van der Waals surface area contributed by atoms with Crippen LogP contribution >= 0.6 is 11.8 Å². The molecule has 2 aromatic rings. The molecule has 19 heavy (non-hydrogen) atoms. The Bertz CT molecular complexity index is 584. The minimum atomic E-state index is -0.383. The van der Waals surface area contributed by atoms with E-state index in [2.05, 4.69) is 0 Å². The third-order valence-electron chi connectivity index (χ3n) is 2.57. The molecule has 0 amide bonds. The topological polar surface area (TPSA) is 17.1 Å². The van der Waals surface area contributed by atoms with Crippen LogP contribution in [0.4, 0.5) is 8.78 Å². The van der Waals surface area contributed by atoms with Gasteiger partial charge in [0.2, 0.25) is 0 Å². The van der Waals surface area contributed by atoms with Crippen LogP contribution in [0.5, 0.6) is 0 Å². The number of rotatable bonds is 5. The summed E-state index contributed by atoms with van der Waals surface area (Å²) >= 11 is 1.13. The molecule has 0 heterocycles. The lowest BCUT2D eigenvalue weighted by Crippen LogP contribution is -2.07. The van der Waals surface area contributed by atoms with Gasteiger partial charge < -0.3 is 0 Å². The zero-order valence-electron chi connectivity index (χ0n) is 10.1. The summed E-state index contributed by atoms with van der Waals surface area (Å²) in [6.45, 7) is 0. The highest BCUT2D eigenvalue weighted by atomic mass is 32.2. The predicted molar refractivity (Wildman–Crippen MR) is 72.2 cm³/mol. The number of Topliss-reactive ketones (excluding diaryl/α,β-unsaturated/α-hetero) is 1. The molecule has 0 radical (unpaired) electrons. The third kappa shape index (κ3) is 3.89. The van der Waals surface area contributed by atoms with E-state index in [0.29, 0.717) is 10.5 Å². The van der Waals surface area contributed by atoms with Crippen molar-refractivity contribution in [2.45, 2.75) is 11.3 Å². The second kappa shape index (κ2) is 6.48. The van der Waals surface area contributed by atoms with Crippen LogP contribution in [0.2, 0.25) is 0 Å². The standard InChI is InChI=1S/C15H12F2OS/c16-13-6-2-1-5-11(13)9-12(18)10-19-15-8-4-3-7-14(15)17/h1-8H,9-10H2. The number of carbonyl (C=O) groups is 1. The number of hydrogen-bond acceptors (Lipinski definition) is 2. The summed E-state index contributed by atoms with van der Waals surface area (Å²) in [5.74, 6) is -0.716.